The van der Waals surface area contributed by atoms with Gasteiger partial charge in [0.1, 0.15) is 5.75 Å². The number of fused-ring (bicyclic) bond motifs is 1. The van der Waals surface area contributed by atoms with Crippen LogP contribution in [0.2, 0.25) is 0 Å². The fourth-order valence-electron chi connectivity index (χ4n) is 4.16. The van der Waals surface area contributed by atoms with E-state index in [1.54, 1.807) is 12.1 Å². The molecule has 0 radical (unpaired) electrons. The summed E-state index contributed by atoms with van der Waals surface area (Å²) in [6, 6.07) is 5.97. The largest absolute Gasteiger partial charge is 0.658 e. The number of amides is 1. The van der Waals surface area contributed by atoms with Crippen molar-refractivity contribution in [1.29, 1.82) is 0 Å². The van der Waals surface area contributed by atoms with Crippen molar-refractivity contribution in [2.24, 2.45) is 23.7 Å². The van der Waals surface area contributed by atoms with Crippen LogP contribution in [-0.2, 0) is 11.3 Å². The van der Waals surface area contributed by atoms with Crippen molar-refractivity contribution >= 4 is 5.91 Å². The molecule has 1 N–H and O–H groups in total. The number of ether oxygens (including phenoxy) is 1. The summed E-state index contributed by atoms with van der Waals surface area (Å²) in [4.78, 5) is 14.1. The predicted octanol–water partition coefficient (Wildman–Crippen LogP) is 3.16. The van der Waals surface area contributed by atoms with Crippen molar-refractivity contribution < 1.29 is 22.7 Å². The first-order valence-electron chi connectivity index (χ1n) is 9.84. The number of alkyl halides is 3. The number of likely N-dealkylation sites (tertiary alicyclic amines) is 1. The van der Waals surface area contributed by atoms with Crippen LogP contribution in [0.15, 0.2) is 24.3 Å². The smallest absolute Gasteiger partial charge is 0.573 e. The van der Waals surface area contributed by atoms with E-state index in [9.17, 15) is 18.0 Å². The van der Waals surface area contributed by atoms with Gasteiger partial charge >= 0.3 is 6.36 Å². The van der Waals surface area contributed by atoms with Gasteiger partial charge in [-0.2, -0.15) is 0 Å². The highest BCUT2D eigenvalue weighted by Crippen LogP contribution is 2.52. The Morgan fingerprint density at radius 1 is 1.25 bits per heavy atom. The Hall–Kier alpha value is -1.80. The van der Waals surface area contributed by atoms with Gasteiger partial charge in [-0.1, -0.05) is 23.6 Å². The Labute approximate surface area is 162 Å². The van der Waals surface area contributed by atoms with Gasteiger partial charge < -0.3 is 15.4 Å². The Bertz CT molecular complexity index is 696. The highest BCUT2D eigenvalue weighted by molar-refractivity contribution is 5.78. The molecular weight excluding hydrogens is 371 g/mol. The maximum atomic E-state index is 12.3. The SMILES string of the molecule is O=C(CN1CC2C(C[N-]Cc3cccc(OC(F)(F)F)c3)C2C1)NCC1CC1. The monoisotopic (exact) mass is 396 g/mol. The topological polar surface area (TPSA) is 55.7 Å². The average Bonchev–Trinajstić information content (AvgIpc) is 3.51. The van der Waals surface area contributed by atoms with E-state index in [-0.39, 0.29) is 11.7 Å². The molecule has 1 aromatic carbocycles. The van der Waals surface area contributed by atoms with E-state index >= 15 is 0 Å². The summed E-state index contributed by atoms with van der Waals surface area (Å²) < 4.78 is 40.8. The summed E-state index contributed by atoms with van der Waals surface area (Å²) in [6.07, 6.45) is -2.21. The van der Waals surface area contributed by atoms with Crippen LogP contribution < -0.4 is 10.1 Å². The number of benzene rings is 1. The van der Waals surface area contributed by atoms with E-state index in [4.69, 9.17) is 0 Å². The molecule has 1 aliphatic heterocycles. The molecule has 2 atom stereocenters. The van der Waals surface area contributed by atoms with E-state index in [0.29, 0.717) is 42.3 Å². The lowest BCUT2D eigenvalue weighted by atomic mass is 10.2. The summed E-state index contributed by atoms with van der Waals surface area (Å²) in [5.74, 6) is 2.34. The van der Waals surface area contributed by atoms with Crippen LogP contribution in [0, 0.1) is 23.7 Å². The van der Waals surface area contributed by atoms with E-state index in [1.165, 1.54) is 25.0 Å². The molecule has 28 heavy (non-hydrogen) atoms. The van der Waals surface area contributed by atoms with Gasteiger partial charge in [-0.25, -0.2) is 0 Å². The molecular formula is C20H25F3N3O2-. The van der Waals surface area contributed by atoms with Crippen molar-refractivity contribution in [3.8, 4) is 5.75 Å². The minimum Gasteiger partial charge on any atom is -0.658 e. The second-order valence-corrected chi connectivity index (χ2v) is 8.19. The molecule has 3 aliphatic rings. The lowest BCUT2D eigenvalue weighted by Gasteiger charge is -2.24. The van der Waals surface area contributed by atoms with Gasteiger partial charge in [0.05, 0.1) is 6.54 Å². The summed E-state index contributed by atoms with van der Waals surface area (Å²) in [7, 11) is 0. The zero-order chi connectivity index (χ0) is 19.7. The molecule has 1 aromatic rings. The standard InChI is InChI=1S/C20H25F3N3O2/c21-20(22,23)28-15-3-1-2-14(6-15)7-24-9-16-17-10-26(11-18(16)17)12-19(27)25-8-13-4-5-13/h1-3,6,13,16-18H,4-5,7-12H2,(H,25,27)/q-1. The van der Waals surface area contributed by atoms with E-state index in [1.807, 2.05) is 0 Å². The average molecular weight is 396 g/mol. The quantitative estimate of drug-likeness (QED) is 0.698. The third kappa shape index (κ3) is 5.38. The fraction of sp³-hybridized carbons (Fsp3) is 0.650. The number of hydrogen-bond donors (Lipinski definition) is 1. The zero-order valence-electron chi connectivity index (χ0n) is 15.6. The molecule has 3 fully saturated rings. The van der Waals surface area contributed by atoms with E-state index in [2.05, 4.69) is 20.3 Å². The Balaban J connectivity index is 1.13. The second kappa shape index (κ2) is 7.91. The number of carbonyl (C=O) groups excluding carboxylic acids is 1. The number of hydrogen-bond acceptors (Lipinski definition) is 3. The molecule has 0 spiro atoms. The molecule has 4 rings (SSSR count). The van der Waals surface area contributed by atoms with Gasteiger partial charge in [-0.15, -0.1) is 26.3 Å². The van der Waals surface area contributed by atoms with Crippen LogP contribution >= 0.6 is 0 Å². The number of carbonyl (C=O) groups is 1. The van der Waals surface area contributed by atoms with Gasteiger partial charge in [0.2, 0.25) is 5.91 Å². The van der Waals surface area contributed by atoms with Crippen LogP contribution in [0.1, 0.15) is 18.4 Å². The molecule has 0 aromatic heterocycles. The van der Waals surface area contributed by atoms with Gasteiger partial charge in [0.25, 0.3) is 0 Å². The summed E-state index contributed by atoms with van der Waals surface area (Å²) in [5.41, 5.74) is 0.710. The molecule has 2 aliphatic carbocycles. The first kappa shape index (κ1) is 19.5. The van der Waals surface area contributed by atoms with Crippen LogP contribution in [0.25, 0.3) is 5.32 Å². The van der Waals surface area contributed by atoms with E-state index in [0.717, 1.165) is 26.2 Å². The molecule has 2 unspecified atom stereocenters. The fourth-order valence-corrected chi connectivity index (χ4v) is 4.16. The van der Waals surface area contributed by atoms with Crippen molar-refractivity contribution in [2.45, 2.75) is 25.7 Å². The number of piperidine rings is 1. The Morgan fingerprint density at radius 2 is 2.00 bits per heavy atom. The normalized spacial score (nSPS) is 26.8. The third-order valence-corrected chi connectivity index (χ3v) is 5.87. The molecule has 8 heteroatoms. The minimum atomic E-state index is -4.68. The highest BCUT2D eigenvalue weighted by Gasteiger charge is 2.53. The molecule has 5 nitrogen and oxygen atoms in total. The third-order valence-electron chi connectivity index (χ3n) is 5.87. The molecule has 1 amide bonds. The molecule has 2 saturated carbocycles. The predicted molar refractivity (Wildman–Crippen MR) is 97.7 cm³/mol. The van der Waals surface area contributed by atoms with Crippen molar-refractivity contribution in [3.05, 3.63) is 35.1 Å². The van der Waals surface area contributed by atoms with Crippen molar-refractivity contribution in [2.75, 3.05) is 32.7 Å². The summed E-state index contributed by atoms with van der Waals surface area (Å²) in [5, 5.41) is 7.53. The van der Waals surface area contributed by atoms with Crippen LogP contribution in [-0.4, -0.2) is 49.9 Å². The first-order chi connectivity index (χ1) is 13.4. The second-order valence-electron chi connectivity index (χ2n) is 8.19. The number of rotatable bonds is 9. The summed E-state index contributed by atoms with van der Waals surface area (Å²) in [6.45, 7) is 4.29. The lowest BCUT2D eigenvalue weighted by Crippen LogP contribution is -2.38. The highest BCUT2D eigenvalue weighted by atomic mass is 19.4. The minimum absolute atomic E-state index is 0.121. The van der Waals surface area contributed by atoms with Gasteiger partial charge in [-0.3, -0.25) is 9.69 Å². The number of halogens is 3. The number of nitrogens with one attached hydrogen (secondary N) is 1. The van der Waals surface area contributed by atoms with Gasteiger partial charge in [0.15, 0.2) is 0 Å². The van der Waals surface area contributed by atoms with Gasteiger partial charge in [-0.05, 0) is 42.7 Å². The van der Waals surface area contributed by atoms with Gasteiger partial charge in [0, 0.05) is 19.6 Å². The lowest BCUT2D eigenvalue weighted by molar-refractivity contribution is -0.274. The van der Waals surface area contributed by atoms with Crippen LogP contribution in [0.3, 0.4) is 0 Å². The molecule has 1 heterocycles. The number of nitrogens with zero attached hydrogens (tertiary/aromatic N) is 2. The van der Waals surface area contributed by atoms with E-state index < -0.39 is 6.36 Å². The zero-order valence-corrected chi connectivity index (χ0v) is 15.6. The molecule has 0 bridgehead atoms. The molecule has 1 saturated heterocycles. The maximum Gasteiger partial charge on any atom is 0.573 e. The Morgan fingerprint density at radius 3 is 2.68 bits per heavy atom. The first-order valence-corrected chi connectivity index (χ1v) is 9.84. The summed E-state index contributed by atoms with van der Waals surface area (Å²) >= 11 is 0. The molecule has 154 valence electrons. The van der Waals surface area contributed by atoms with Crippen LogP contribution in [0.4, 0.5) is 13.2 Å². The van der Waals surface area contributed by atoms with Crippen molar-refractivity contribution in [3.63, 3.8) is 0 Å². The van der Waals surface area contributed by atoms with Crippen LogP contribution in [0.5, 0.6) is 5.75 Å². The maximum absolute atomic E-state index is 12.3. The van der Waals surface area contributed by atoms with Crippen molar-refractivity contribution in [1.82, 2.24) is 10.2 Å². The Kier molecular flexibility index (Phi) is 5.51.